The molecule has 0 radical (unpaired) electrons. The predicted octanol–water partition coefficient (Wildman–Crippen LogP) is 4.09. The van der Waals surface area contributed by atoms with Gasteiger partial charge in [0.15, 0.2) is 5.96 Å². The number of halogens is 1. The van der Waals surface area contributed by atoms with Crippen molar-refractivity contribution in [1.29, 1.82) is 0 Å². The van der Waals surface area contributed by atoms with E-state index in [0.29, 0.717) is 5.92 Å². The van der Waals surface area contributed by atoms with Crippen LogP contribution in [-0.4, -0.2) is 62.3 Å². The Hall–Kier alpha value is -1.55. The third-order valence-electron chi connectivity index (χ3n) is 4.92. The molecule has 3 N–H and O–H groups in total. The molecule has 176 valence electrons. The van der Waals surface area contributed by atoms with Crippen LogP contribution in [0.3, 0.4) is 0 Å². The summed E-state index contributed by atoms with van der Waals surface area (Å²) in [7, 11) is 1.80. The highest BCUT2D eigenvalue weighted by Gasteiger charge is 2.16. The van der Waals surface area contributed by atoms with Crippen molar-refractivity contribution in [1.82, 2.24) is 15.5 Å². The van der Waals surface area contributed by atoms with Crippen molar-refractivity contribution >= 4 is 41.7 Å². The first-order valence-electron chi connectivity index (χ1n) is 11.0. The lowest BCUT2D eigenvalue weighted by molar-refractivity contribution is 0.0636. The van der Waals surface area contributed by atoms with Gasteiger partial charge in [-0.25, -0.2) is 4.79 Å². The van der Waals surface area contributed by atoms with Crippen LogP contribution in [0.4, 0.5) is 10.5 Å². The van der Waals surface area contributed by atoms with E-state index in [2.05, 4.69) is 32.8 Å². The summed E-state index contributed by atoms with van der Waals surface area (Å²) in [6.07, 6.45) is 3.10. The Morgan fingerprint density at radius 1 is 1.16 bits per heavy atom. The van der Waals surface area contributed by atoms with Crippen LogP contribution < -0.4 is 16.0 Å². The van der Waals surface area contributed by atoms with Crippen LogP contribution in [0.25, 0.3) is 0 Å². The quantitative estimate of drug-likeness (QED) is 0.261. The largest absolute Gasteiger partial charge is 0.444 e. The van der Waals surface area contributed by atoms with Gasteiger partial charge in [-0.1, -0.05) is 19.1 Å². The highest BCUT2D eigenvalue weighted by Crippen LogP contribution is 2.13. The van der Waals surface area contributed by atoms with E-state index < -0.39 is 11.7 Å². The third kappa shape index (κ3) is 11.6. The molecular weight excluding hydrogens is 505 g/mol. The topological polar surface area (TPSA) is 78.0 Å². The zero-order valence-electron chi connectivity index (χ0n) is 19.7. The van der Waals surface area contributed by atoms with Gasteiger partial charge in [-0.2, -0.15) is 0 Å². The lowest BCUT2D eigenvalue weighted by Crippen LogP contribution is -2.42. The highest BCUT2D eigenvalue weighted by atomic mass is 127. The van der Waals surface area contributed by atoms with E-state index in [4.69, 9.17) is 4.74 Å². The van der Waals surface area contributed by atoms with Crippen molar-refractivity contribution in [2.45, 2.75) is 52.6 Å². The summed E-state index contributed by atoms with van der Waals surface area (Å²) in [5, 5.41) is 9.56. The summed E-state index contributed by atoms with van der Waals surface area (Å²) in [5.74, 6) is 1.43. The van der Waals surface area contributed by atoms with Crippen molar-refractivity contribution in [3.8, 4) is 0 Å². The predicted molar refractivity (Wildman–Crippen MR) is 140 cm³/mol. The number of nitrogens with one attached hydrogen (secondary N) is 3. The fourth-order valence-corrected chi connectivity index (χ4v) is 3.46. The van der Waals surface area contributed by atoms with E-state index in [9.17, 15) is 4.79 Å². The van der Waals surface area contributed by atoms with Crippen LogP contribution in [0, 0.1) is 5.92 Å². The van der Waals surface area contributed by atoms with E-state index in [1.165, 1.54) is 31.5 Å². The van der Waals surface area contributed by atoms with Gasteiger partial charge in [0.25, 0.3) is 0 Å². The zero-order chi connectivity index (χ0) is 22.0. The van der Waals surface area contributed by atoms with E-state index in [0.717, 1.165) is 37.7 Å². The number of anilines is 1. The fourth-order valence-electron chi connectivity index (χ4n) is 3.46. The van der Waals surface area contributed by atoms with Crippen LogP contribution in [-0.2, 0) is 11.2 Å². The molecule has 1 aliphatic rings. The molecule has 1 fully saturated rings. The number of guanidine groups is 1. The summed E-state index contributed by atoms with van der Waals surface area (Å²) in [6, 6.07) is 7.82. The standard InChI is InChI=1S/C23H39N5O2.HI/c1-18(17-28-14-6-7-15-28)16-26-21(24-5)25-13-12-19-8-10-20(11-9-19)27-22(29)30-23(2,3)4;/h8-11,18H,6-7,12-17H2,1-5H3,(H,27,29)(H2,24,25,26);1H. The van der Waals surface area contributed by atoms with Crippen LogP contribution in [0.2, 0.25) is 0 Å². The monoisotopic (exact) mass is 545 g/mol. The molecule has 1 unspecified atom stereocenters. The van der Waals surface area contributed by atoms with Crippen molar-refractivity contribution in [3.05, 3.63) is 29.8 Å². The van der Waals surface area contributed by atoms with Crippen LogP contribution in [0.1, 0.15) is 46.1 Å². The summed E-state index contributed by atoms with van der Waals surface area (Å²) >= 11 is 0. The minimum Gasteiger partial charge on any atom is -0.444 e. The van der Waals surface area contributed by atoms with Crippen LogP contribution in [0.5, 0.6) is 0 Å². The minimum atomic E-state index is -0.506. The van der Waals surface area contributed by atoms with Gasteiger partial charge >= 0.3 is 6.09 Å². The van der Waals surface area contributed by atoms with Crippen LogP contribution >= 0.6 is 24.0 Å². The van der Waals surface area contributed by atoms with E-state index >= 15 is 0 Å². The molecule has 0 spiro atoms. The number of hydrogen-bond acceptors (Lipinski definition) is 4. The number of aliphatic imine (C=N–C) groups is 1. The Morgan fingerprint density at radius 3 is 2.39 bits per heavy atom. The third-order valence-corrected chi connectivity index (χ3v) is 4.92. The molecule has 8 heteroatoms. The number of rotatable bonds is 8. The second-order valence-electron chi connectivity index (χ2n) is 9.07. The van der Waals surface area contributed by atoms with Crippen molar-refractivity contribution < 1.29 is 9.53 Å². The number of benzene rings is 1. The van der Waals surface area contributed by atoms with Gasteiger partial charge in [-0.05, 0) is 76.7 Å². The molecule has 0 bridgehead atoms. The Balaban J connectivity index is 0.00000480. The molecule has 0 saturated carbocycles. The Labute approximate surface area is 204 Å². The molecule has 1 amide bonds. The lowest BCUT2D eigenvalue weighted by atomic mass is 10.1. The lowest BCUT2D eigenvalue weighted by Gasteiger charge is -2.21. The normalized spacial score (nSPS) is 15.7. The summed E-state index contributed by atoms with van der Waals surface area (Å²) in [4.78, 5) is 18.7. The van der Waals surface area contributed by atoms with Gasteiger partial charge in [0.05, 0.1) is 0 Å². The zero-order valence-corrected chi connectivity index (χ0v) is 22.0. The molecule has 0 aromatic heterocycles. The molecule has 7 nitrogen and oxygen atoms in total. The van der Waals surface area contributed by atoms with Crippen molar-refractivity contribution in [2.24, 2.45) is 10.9 Å². The van der Waals surface area contributed by atoms with Gasteiger partial charge in [0.1, 0.15) is 5.60 Å². The maximum Gasteiger partial charge on any atom is 0.412 e. The first-order valence-corrected chi connectivity index (χ1v) is 11.0. The molecule has 1 aliphatic heterocycles. The van der Waals surface area contributed by atoms with Gasteiger partial charge < -0.3 is 20.3 Å². The Morgan fingerprint density at radius 2 is 1.81 bits per heavy atom. The maximum atomic E-state index is 11.8. The van der Waals surface area contributed by atoms with Gasteiger partial charge in [-0.3, -0.25) is 10.3 Å². The number of likely N-dealkylation sites (tertiary alicyclic amines) is 1. The Kier molecular flexibility index (Phi) is 12.2. The van der Waals surface area contributed by atoms with Crippen molar-refractivity contribution in [3.63, 3.8) is 0 Å². The van der Waals surface area contributed by atoms with Crippen LogP contribution in [0.15, 0.2) is 29.3 Å². The molecule has 1 heterocycles. The number of hydrogen-bond donors (Lipinski definition) is 3. The number of ether oxygens (including phenoxy) is 1. The van der Waals surface area contributed by atoms with Crippen molar-refractivity contribution in [2.75, 3.05) is 45.1 Å². The van der Waals surface area contributed by atoms with Gasteiger partial charge in [-0.15, -0.1) is 24.0 Å². The van der Waals surface area contributed by atoms with Gasteiger partial charge in [0.2, 0.25) is 0 Å². The molecule has 1 aromatic carbocycles. The van der Waals surface area contributed by atoms with E-state index in [-0.39, 0.29) is 24.0 Å². The SMILES string of the molecule is CN=C(NCCc1ccc(NC(=O)OC(C)(C)C)cc1)NCC(C)CN1CCCC1.I. The molecule has 0 aliphatic carbocycles. The second kappa shape index (κ2) is 13.8. The highest BCUT2D eigenvalue weighted by molar-refractivity contribution is 14.0. The fraction of sp³-hybridized carbons (Fsp3) is 0.652. The summed E-state index contributed by atoms with van der Waals surface area (Å²) < 4.78 is 5.27. The average molecular weight is 546 g/mol. The molecule has 31 heavy (non-hydrogen) atoms. The smallest absolute Gasteiger partial charge is 0.412 e. The molecular formula is C23H40IN5O2. The first-order chi connectivity index (χ1) is 14.2. The maximum absolute atomic E-state index is 11.8. The van der Waals surface area contributed by atoms with Gasteiger partial charge in [0, 0.05) is 32.4 Å². The summed E-state index contributed by atoms with van der Waals surface area (Å²) in [5.41, 5.74) is 1.41. The van der Waals surface area contributed by atoms with E-state index in [1.807, 2.05) is 45.0 Å². The second-order valence-corrected chi connectivity index (χ2v) is 9.07. The van der Waals surface area contributed by atoms with E-state index in [1.54, 1.807) is 7.05 Å². The minimum absolute atomic E-state index is 0. The average Bonchev–Trinajstić information content (AvgIpc) is 3.17. The molecule has 1 atom stereocenters. The molecule has 2 rings (SSSR count). The molecule has 1 aromatic rings. The number of amides is 1. The number of carbonyl (C=O) groups excluding carboxylic acids is 1. The Bertz CT molecular complexity index is 682. The molecule has 1 saturated heterocycles. The number of carbonyl (C=O) groups is 1. The summed E-state index contributed by atoms with van der Waals surface area (Å²) in [6.45, 7) is 13.2. The number of nitrogens with zero attached hydrogens (tertiary/aromatic N) is 2. The first kappa shape index (κ1) is 27.5.